The van der Waals surface area contributed by atoms with Crippen LogP contribution >= 0.6 is 11.6 Å². The number of nitrogens with zero attached hydrogens (tertiary/aromatic N) is 1. The molecule has 0 unspecified atom stereocenters. The summed E-state index contributed by atoms with van der Waals surface area (Å²) in [5, 5.41) is 4.71. The van der Waals surface area contributed by atoms with Gasteiger partial charge in [0.2, 0.25) is 5.91 Å². The molecule has 5 heteroatoms. The second kappa shape index (κ2) is 9.55. The highest BCUT2D eigenvalue weighted by molar-refractivity contribution is 6.30. The average Bonchev–Trinajstić information content (AvgIpc) is 2.69. The molecule has 0 aliphatic heterocycles. The van der Waals surface area contributed by atoms with Gasteiger partial charge in [-0.3, -0.25) is 4.79 Å². The molecule has 0 fully saturated rings. The summed E-state index contributed by atoms with van der Waals surface area (Å²) in [6, 6.07) is 24.6. The third-order valence-electron chi connectivity index (χ3n) is 3.79. The van der Waals surface area contributed by atoms with Gasteiger partial charge in [0.1, 0.15) is 12.4 Å². The van der Waals surface area contributed by atoms with E-state index in [1.807, 2.05) is 78.9 Å². The predicted molar refractivity (Wildman–Crippen MR) is 108 cm³/mol. The Balaban J connectivity index is 1.51. The average molecular weight is 379 g/mol. The van der Waals surface area contributed by atoms with Crippen molar-refractivity contribution >= 4 is 23.7 Å². The highest BCUT2D eigenvalue weighted by atomic mass is 35.5. The molecule has 136 valence electrons. The fourth-order valence-corrected chi connectivity index (χ4v) is 2.56. The van der Waals surface area contributed by atoms with Crippen LogP contribution in [0, 0.1) is 0 Å². The molecular formula is C22H19ClN2O2. The van der Waals surface area contributed by atoms with Crippen LogP contribution in [0.15, 0.2) is 84.0 Å². The van der Waals surface area contributed by atoms with E-state index in [4.69, 9.17) is 16.3 Å². The number of hydrogen-bond donors (Lipinski definition) is 1. The number of nitrogens with one attached hydrogen (secondary N) is 1. The number of hydrogen-bond acceptors (Lipinski definition) is 3. The SMILES string of the molecule is O=C(Cc1ccccc1)NN=Cc1cccc(OCc2ccc(Cl)cc2)c1. The molecule has 3 aromatic rings. The first kappa shape index (κ1) is 18.7. The van der Waals surface area contributed by atoms with E-state index in [1.165, 1.54) is 0 Å². The summed E-state index contributed by atoms with van der Waals surface area (Å²) in [7, 11) is 0. The first-order chi connectivity index (χ1) is 13.2. The molecule has 0 heterocycles. The van der Waals surface area contributed by atoms with Crippen molar-refractivity contribution in [3.63, 3.8) is 0 Å². The van der Waals surface area contributed by atoms with Gasteiger partial charge in [-0.25, -0.2) is 5.43 Å². The van der Waals surface area contributed by atoms with Gasteiger partial charge >= 0.3 is 0 Å². The van der Waals surface area contributed by atoms with E-state index in [1.54, 1.807) is 6.21 Å². The van der Waals surface area contributed by atoms with Crippen molar-refractivity contribution in [3.8, 4) is 5.75 Å². The van der Waals surface area contributed by atoms with Crippen molar-refractivity contribution in [2.24, 2.45) is 5.10 Å². The molecule has 3 aromatic carbocycles. The van der Waals surface area contributed by atoms with E-state index in [2.05, 4.69) is 10.5 Å². The van der Waals surface area contributed by atoms with Crippen LogP contribution in [0.3, 0.4) is 0 Å². The molecule has 4 nitrogen and oxygen atoms in total. The number of hydrazone groups is 1. The molecule has 1 amide bonds. The first-order valence-corrected chi connectivity index (χ1v) is 8.90. The molecule has 0 aromatic heterocycles. The number of ether oxygens (including phenoxy) is 1. The zero-order valence-corrected chi connectivity index (χ0v) is 15.4. The topological polar surface area (TPSA) is 50.7 Å². The fraction of sp³-hybridized carbons (Fsp3) is 0.0909. The molecule has 0 aliphatic carbocycles. The Morgan fingerprint density at radius 2 is 1.74 bits per heavy atom. The standard InChI is InChI=1S/C22H19ClN2O2/c23-20-11-9-18(10-12-20)16-27-21-8-4-7-19(13-21)15-24-25-22(26)14-17-5-2-1-3-6-17/h1-13,15H,14,16H2,(H,25,26). The summed E-state index contributed by atoms with van der Waals surface area (Å²) in [6.07, 6.45) is 1.89. The number of carbonyl (C=O) groups is 1. The smallest absolute Gasteiger partial charge is 0.244 e. The maximum absolute atomic E-state index is 11.9. The van der Waals surface area contributed by atoms with Gasteiger partial charge in [-0.05, 0) is 41.0 Å². The van der Waals surface area contributed by atoms with Gasteiger partial charge in [0.05, 0.1) is 12.6 Å². The Kier molecular flexibility index (Phi) is 6.61. The largest absolute Gasteiger partial charge is 0.489 e. The number of benzene rings is 3. The molecule has 27 heavy (non-hydrogen) atoms. The van der Waals surface area contributed by atoms with Crippen LogP contribution in [0.25, 0.3) is 0 Å². The Hall–Kier alpha value is -3.11. The van der Waals surface area contributed by atoms with Gasteiger partial charge in [0.25, 0.3) is 0 Å². The lowest BCUT2D eigenvalue weighted by Crippen LogP contribution is -2.19. The minimum absolute atomic E-state index is 0.160. The third kappa shape index (κ3) is 6.28. The Bertz CT molecular complexity index is 909. The monoisotopic (exact) mass is 378 g/mol. The van der Waals surface area contributed by atoms with Crippen LogP contribution < -0.4 is 10.2 Å². The summed E-state index contributed by atoms with van der Waals surface area (Å²) in [5.74, 6) is 0.567. The Labute approximate surface area is 163 Å². The summed E-state index contributed by atoms with van der Waals surface area (Å²) in [4.78, 5) is 11.9. The second-order valence-corrected chi connectivity index (χ2v) is 6.38. The molecule has 0 spiro atoms. The van der Waals surface area contributed by atoms with Crippen molar-refractivity contribution in [2.75, 3.05) is 0 Å². The van der Waals surface area contributed by atoms with E-state index in [9.17, 15) is 4.79 Å². The minimum Gasteiger partial charge on any atom is -0.489 e. The van der Waals surface area contributed by atoms with E-state index in [0.717, 1.165) is 22.4 Å². The lowest BCUT2D eigenvalue weighted by molar-refractivity contribution is -0.120. The van der Waals surface area contributed by atoms with Crippen molar-refractivity contribution < 1.29 is 9.53 Å². The number of carbonyl (C=O) groups excluding carboxylic acids is 1. The fourth-order valence-electron chi connectivity index (χ4n) is 2.43. The molecule has 0 radical (unpaired) electrons. The molecule has 1 N–H and O–H groups in total. The molecule has 0 saturated carbocycles. The Morgan fingerprint density at radius 1 is 0.963 bits per heavy atom. The van der Waals surface area contributed by atoms with Gasteiger partial charge in [-0.15, -0.1) is 0 Å². The van der Waals surface area contributed by atoms with Crippen molar-refractivity contribution in [1.29, 1.82) is 0 Å². The number of halogens is 1. The summed E-state index contributed by atoms with van der Waals surface area (Å²) < 4.78 is 5.79. The molecule has 3 rings (SSSR count). The molecule has 0 aliphatic rings. The van der Waals surface area contributed by atoms with E-state index in [-0.39, 0.29) is 5.91 Å². The predicted octanol–water partition coefficient (Wildman–Crippen LogP) is 4.61. The minimum atomic E-state index is -0.160. The van der Waals surface area contributed by atoms with Crippen LogP contribution in [0.2, 0.25) is 5.02 Å². The van der Waals surface area contributed by atoms with Crippen LogP contribution in [0.5, 0.6) is 5.75 Å². The Morgan fingerprint density at radius 3 is 2.52 bits per heavy atom. The normalized spacial score (nSPS) is 10.7. The molecular weight excluding hydrogens is 360 g/mol. The third-order valence-corrected chi connectivity index (χ3v) is 4.04. The summed E-state index contributed by atoms with van der Waals surface area (Å²) >= 11 is 5.88. The van der Waals surface area contributed by atoms with Gasteiger partial charge in [-0.2, -0.15) is 5.10 Å². The van der Waals surface area contributed by atoms with E-state index in [0.29, 0.717) is 18.1 Å². The van der Waals surface area contributed by atoms with Crippen molar-refractivity contribution in [1.82, 2.24) is 5.43 Å². The quantitative estimate of drug-likeness (QED) is 0.482. The highest BCUT2D eigenvalue weighted by Gasteiger charge is 2.01. The lowest BCUT2D eigenvalue weighted by atomic mass is 10.1. The zero-order valence-electron chi connectivity index (χ0n) is 14.6. The van der Waals surface area contributed by atoms with Crippen molar-refractivity contribution in [2.45, 2.75) is 13.0 Å². The second-order valence-electron chi connectivity index (χ2n) is 5.94. The van der Waals surface area contributed by atoms with Gasteiger partial charge in [0, 0.05) is 5.02 Å². The lowest BCUT2D eigenvalue weighted by Gasteiger charge is -2.07. The van der Waals surface area contributed by atoms with Crippen LogP contribution in [0.4, 0.5) is 0 Å². The number of amides is 1. The van der Waals surface area contributed by atoms with Gasteiger partial charge in [0.15, 0.2) is 0 Å². The zero-order chi connectivity index (χ0) is 18.9. The van der Waals surface area contributed by atoms with E-state index >= 15 is 0 Å². The first-order valence-electron chi connectivity index (χ1n) is 8.52. The maximum Gasteiger partial charge on any atom is 0.244 e. The molecule has 0 atom stereocenters. The van der Waals surface area contributed by atoms with Crippen LogP contribution in [-0.4, -0.2) is 12.1 Å². The summed E-state index contributed by atoms with van der Waals surface area (Å²) in [6.45, 7) is 0.450. The maximum atomic E-state index is 11.9. The van der Waals surface area contributed by atoms with Gasteiger partial charge < -0.3 is 4.74 Å². The van der Waals surface area contributed by atoms with Gasteiger partial charge in [-0.1, -0.05) is 66.2 Å². The summed E-state index contributed by atoms with van der Waals surface area (Å²) in [5.41, 5.74) is 5.36. The van der Waals surface area contributed by atoms with E-state index < -0.39 is 0 Å². The molecule has 0 bridgehead atoms. The highest BCUT2D eigenvalue weighted by Crippen LogP contribution is 2.15. The molecule has 0 saturated heterocycles. The number of rotatable bonds is 7. The van der Waals surface area contributed by atoms with Crippen LogP contribution in [0.1, 0.15) is 16.7 Å². The van der Waals surface area contributed by atoms with Crippen molar-refractivity contribution in [3.05, 3.63) is 101 Å². The van der Waals surface area contributed by atoms with Crippen LogP contribution in [-0.2, 0) is 17.8 Å².